The maximum absolute atomic E-state index is 12.6. The number of carbonyl (C=O) groups is 3. The van der Waals surface area contributed by atoms with E-state index in [1.807, 2.05) is 0 Å². The van der Waals surface area contributed by atoms with Crippen molar-refractivity contribution < 1.29 is 24.2 Å². The number of hydrogen-bond acceptors (Lipinski definition) is 5. The molecule has 156 valence electrons. The fourth-order valence-electron chi connectivity index (χ4n) is 2.31. The van der Waals surface area contributed by atoms with E-state index in [4.69, 9.17) is 38.8 Å². The van der Waals surface area contributed by atoms with Gasteiger partial charge in [-0.25, -0.2) is 0 Å². The highest BCUT2D eigenvalue weighted by molar-refractivity contribution is 6.44. The zero-order valence-corrected chi connectivity index (χ0v) is 17.1. The molecule has 1 heterocycles. The summed E-state index contributed by atoms with van der Waals surface area (Å²) in [6, 6.07) is 3.18. The van der Waals surface area contributed by atoms with E-state index in [1.54, 1.807) is 6.92 Å². The molecule has 1 aromatic heterocycles. The number of carboxylic acids is 1. The van der Waals surface area contributed by atoms with Gasteiger partial charge in [-0.05, 0) is 32.0 Å². The number of H-pyrrole nitrogens is 1. The third kappa shape index (κ3) is 5.41. The van der Waals surface area contributed by atoms with Crippen LogP contribution in [0.3, 0.4) is 0 Å². The SMILES string of the molecule is Cc1[nH]c(C(=O)Nc2ccc(C(=O)N[C@@H](C)C(=O)O)cc2OCCN)c(Cl)c1Cl. The Kier molecular flexibility index (Phi) is 7.49. The van der Waals surface area contributed by atoms with Crippen LogP contribution in [-0.2, 0) is 4.79 Å². The van der Waals surface area contributed by atoms with Crippen molar-refractivity contribution in [3.8, 4) is 5.75 Å². The third-order valence-electron chi connectivity index (χ3n) is 3.87. The van der Waals surface area contributed by atoms with Crippen molar-refractivity contribution in [2.75, 3.05) is 18.5 Å². The van der Waals surface area contributed by atoms with Crippen LogP contribution in [0, 0.1) is 6.92 Å². The number of aromatic nitrogens is 1. The number of carbonyl (C=O) groups excluding carboxylic acids is 2. The number of nitrogens with two attached hydrogens (primary N) is 1. The first kappa shape index (κ1) is 22.5. The highest BCUT2D eigenvalue weighted by Gasteiger charge is 2.21. The smallest absolute Gasteiger partial charge is 0.325 e. The van der Waals surface area contributed by atoms with Gasteiger partial charge in [-0.2, -0.15) is 0 Å². The zero-order valence-electron chi connectivity index (χ0n) is 15.6. The molecule has 6 N–H and O–H groups in total. The van der Waals surface area contributed by atoms with Crippen molar-refractivity contribution in [1.82, 2.24) is 10.3 Å². The Morgan fingerprint density at radius 2 is 1.93 bits per heavy atom. The number of aryl methyl sites for hydroxylation is 1. The van der Waals surface area contributed by atoms with Crippen LogP contribution in [0.1, 0.15) is 33.5 Å². The normalized spacial score (nSPS) is 11.6. The molecule has 0 bridgehead atoms. The number of hydrogen-bond donors (Lipinski definition) is 5. The van der Waals surface area contributed by atoms with Gasteiger partial charge in [0.05, 0.1) is 15.7 Å². The van der Waals surface area contributed by atoms with E-state index in [1.165, 1.54) is 25.1 Å². The minimum atomic E-state index is -1.17. The van der Waals surface area contributed by atoms with Crippen molar-refractivity contribution in [2.24, 2.45) is 5.73 Å². The lowest BCUT2D eigenvalue weighted by Crippen LogP contribution is -2.38. The molecule has 2 rings (SSSR count). The minimum Gasteiger partial charge on any atom is -0.490 e. The Bertz CT molecular complexity index is 945. The Morgan fingerprint density at radius 3 is 2.48 bits per heavy atom. The lowest BCUT2D eigenvalue weighted by Gasteiger charge is -2.14. The van der Waals surface area contributed by atoms with Crippen molar-refractivity contribution in [3.05, 3.63) is 45.2 Å². The van der Waals surface area contributed by atoms with Crippen LogP contribution < -0.4 is 21.1 Å². The van der Waals surface area contributed by atoms with Crippen molar-refractivity contribution in [2.45, 2.75) is 19.9 Å². The first-order chi connectivity index (χ1) is 13.6. The molecule has 1 atom stereocenters. The molecular weight excluding hydrogens is 423 g/mol. The molecule has 2 amide bonds. The summed E-state index contributed by atoms with van der Waals surface area (Å²) in [7, 11) is 0. The Balaban J connectivity index is 2.28. The summed E-state index contributed by atoms with van der Waals surface area (Å²) in [5.74, 6) is -2.15. The maximum atomic E-state index is 12.6. The number of ether oxygens (including phenoxy) is 1. The summed E-state index contributed by atoms with van der Waals surface area (Å²) in [6.45, 7) is 3.35. The first-order valence-electron chi connectivity index (χ1n) is 8.51. The number of nitrogens with one attached hydrogen (secondary N) is 3. The third-order valence-corrected chi connectivity index (χ3v) is 4.81. The van der Waals surface area contributed by atoms with Gasteiger partial charge in [0.2, 0.25) is 0 Å². The van der Waals surface area contributed by atoms with Gasteiger partial charge in [0.15, 0.2) is 0 Å². The van der Waals surface area contributed by atoms with Gasteiger partial charge in [0.1, 0.15) is 24.1 Å². The quantitative estimate of drug-likeness (QED) is 0.424. The van der Waals surface area contributed by atoms with Gasteiger partial charge in [-0.1, -0.05) is 23.2 Å². The fourth-order valence-corrected chi connectivity index (χ4v) is 2.73. The van der Waals surface area contributed by atoms with Gasteiger partial charge in [-0.3, -0.25) is 14.4 Å². The molecule has 0 saturated heterocycles. The van der Waals surface area contributed by atoms with Crippen LogP contribution in [-0.4, -0.2) is 47.1 Å². The first-order valence-corrected chi connectivity index (χ1v) is 9.26. The summed E-state index contributed by atoms with van der Waals surface area (Å²) in [6.07, 6.45) is 0. The lowest BCUT2D eigenvalue weighted by atomic mass is 10.1. The van der Waals surface area contributed by atoms with Crippen LogP contribution in [0.2, 0.25) is 10.0 Å². The average Bonchev–Trinajstić information content (AvgIpc) is 2.94. The number of halogens is 2. The second-order valence-corrected chi connectivity index (χ2v) is 6.84. The van der Waals surface area contributed by atoms with E-state index in [2.05, 4.69) is 15.6 Å². The Labute approximate surface area is 176 Å². The predicted octanol–water partition coefficient (Wildman–Crippen LogP) is 2.42. The number of aliphatic carboxylic acids is 1. The highest BCUT2D eigenvalue weighted by Crippen LogP contribution is 2.31. The molecule has 0 fully saturated rings. The fraction of sp³-hybridized carbons (Fsp3) is 0.278. The Morgan fingerprint density at radius 1 is 1.24 bits per heavy atom. The number of anilines is 1. The topological polar surface area (TPSA) is 147 Å². The second-order valence-electron chi connectivity index (χ2n) is 6.09. The number of amides is 2. The molecule has 11 heteroatoms. The van der Waals surface area contributed by atoms with E-state index >= 15 is 0 Å². The van der Waals surface area contributed by atoms with E-state index < -0.39 is 23.8 Å². The number of carboxylic acid groups (broad SMARTS) is 1. The van der Waals surface area contributed by atoms with E-state index in [0.29, 0.717) is 5.69 Å². The number of aromatic amines is 1. The highest BCUT2D eigenvalue weighted by atomic mass is 35.5. The molecule has 29 heavy (non-hydrogen) atoms. The Hall–Kier alpha value is -2.75. The molecular formula is C18H20Cl2N4O5. The van der Waals surface area contributed by atoms with Gasteiger partial charge in [0, 0.05) is 17.8 Å². The summed E-state index contributed by atoms with van der Waals surface area (Å²) >= 11 is 12.1. The molecule has 0 aliphatic heterocycles. The maximum Gasteiger partial charge on any atom is 0.325 e. The van der Waals surface area contributed by atoms with E-state index in [-0.39, 0.29) is 45.9 Å². The zero-order chi connectivity index (χ0) is 21.7. The second kappa shape index (κ2) is 9.64. The summed E-state index contributed by atoms with van der Waals surface area (Å²) < 4.78 is 5.52. The summed E-state index contributed by atoms with van der Waals surface area (Å²) in [5.41, 5.74) is 6.51. The predicted molar refractivity (Wildman–Crippen MR) is 109 cm³/mol. The van der Waals surface area contributed by atoms with Crippen LogP contribution >= 0.6 is 23.2 Å². The van der Waals surface area contributed by atoms with Crippen molar-refractivity contribution >= 4 is 46.7 Å². The molecule has 2 aromatic rings. The van der Waals surface area contributed by atoms with Gasteiger partial charge in [0.25, 0.3) is 11.8 Å². The average molecular weight is 443 g/mol. The van der Waals surface area contributed by atoms with Gasteiger partial charge >= 0.3 is 5.97 Å². The summed E-state index contributed by atoms with van der Waals surface area (Å²) in [4.78, 5) is 38.5. The lowest BCUT2D eigenvalue weighted by molar-refractivity contribution is -0.138. The number of rotatable bonds is 8. The molecule has 1 aromatic carbocycles. The molecule has 0 radical (unpaired) electrons. The largest absolute Gasteiger partial charge is 0.490 e. The standard InChI is InChI=1S/C18H20Cl2N4O5/c1-8-13(19)14(20)15(22-8)17(26)24-11-4-3-10(7-12(11)29-6-5-21)16(25)23-9(2)18(27)28/h3-4,7,9,22H,5-6,21H2,1-2H3,(H,23,25)(H,24,26)(H,27,28)/t9-/m0/s1. The molecule has 0 unspecified atom stereocenters. The number of benzene rings is 1. The van der Waals surface area contributed by atoms with Crippen LogP contribution in [0.4, 0.5) is 5.69 Å². The van der Waals surface area contributed by atoms with Crippen LogP contribution in [0.5, 0.6) is 5.75 Å². The van der Waals surface area contributed by atoms with Crippen LogP contribution in [0.25, 0.3) is 0 Å². The van der Waals surface area contributed by atoms with E-state index in [9.17, 15) is 14.4 Å². The molecule has 0 aliphatic rings. The molecule has 0 aliphatic carbocycles. The van der Waals surface area contributed by atoms with Gasteiger partial charge in [-0.15, -0.1) is 0 Å². The van der Waals surface area contributed by atoms with Crippen LogP contribution in [0.15, 0.2) is 18.2 Å². The minimum absolute atomic E-state index is 0.0797. The van der Waals surface area contributed by atoms with E-state index in [0.717, 1.165) is 0 Å². The monoisotopic (exact) mass is 442 g/mol. The summed E-state index contributed by atoms with van der Waals surface area (Å²) in [5, 5.41) is 14.2. The molecule has 9 nitrogen and oxygen atoms in total. The molecule has 0 spiro atoms. The van der Waals surface area contributed by atoms with Crippen molar-refractivity contribution in [3.63, 3.8) is 0 Å². The van der Waals surface area contributed by atoms with Crippen molar-refractivity contribution in [1.29, 1.82) is 0 Å². The van der Waals surface area contributed by atoms with Gasteiger partial charge < -0.3 is 31.2 Å². The molecule has 0 saturated carbocycles.